The Morgan fingerprint density at radius 1 is 0.784 bits per heavy atom. The minimum atomic E-state index is -4.73. The van der Waals surface area contributed by atoms with Gasteiger partial charge in [-0.3, -0.25) is 18.9 Å². The molecule has 0 aromatic rings. The van der Waals surface area contributed by atoms with Gasteiger partial charge in [0.15, 0.2) is 18.5 Å². The Hall–Kier alpha value is -2.75. The van der Waals surface area contributed by atoms with Gasteiger partial charge in [0.25, 0.3) is 0 Å². The van der Waals surface area contributed by atoms with Gasteiger partial charge >= 0.3 is 31.7 Å². The number of ether oxygens (including phenoxy) is 4. The van der Waals surface area contributed by atoms with Crippen LogP contribution in [0.3, 0.4) is 0 Å². The average molecular weight is 755 g/mol. The molecule has 1 aliphatic rings. The molecule has 2 unspecified atom stereocenters. The number of likely N-dealkylation sites (N-methyl/N-ethyl adjacent to an activating group) is 1. The molecule has 17 heteroatoms. The number of quaternary nitrogens is 1. The topological polar surface area (TPSA) is 222 Å². The van der Waals surface area contributed by atoms with Gasteiger partial charge in [-0.25, -0.2) is 13.9 Å². The van der Waals surface area contributed by atoms with Crippen molar-refractivity contribution in [2.45, 2.75) is 135 Å². The molecule has 0 fully saturated rings. The van der Waals surface area contributed by atoms with E-state index in [0.29, 0.717) is 17.4 Å². The first-order valence-corrected chi connectivity index (χ1v) is 19.5. The van der Waals surface area contributed by atoms with Crippen molar-refractivity contribution >= 4 is 31.7 Å². The molecule has 0 aliphatic carbocycles. The zero-order valence-corrected chi connectivity index (χ0v) is 31.6. The van der Waals surface area contributed by atoms with Crippen molar-refractivity contribution < 1.29 is 76.4 Å². The number of phosphoric ester groups is 1. The van der Waals surface area contributed by atoms with Crippen molar-refractivity contribution in [1.29, 1.82) is 0 Å². The van der Waals surface area contributed by atoms with Gasteiger partial charge in [0, 0.05) is 19.3 Å². The molecule has 0 bridgehead atoms. The van der Waals surface area contributed by atoms with Crippen molar-refractivity contribution in [3.05, 3.63) is 11.5 Å². The van der Waals surface area contributed by atoms with Gasteiger partial charge in [0.2, 0.25) is 12.0 Å². The maximum Gasteiger partial charge on any atom is 0.475 e. The normalized spacial score (nSPS) is 17.1. The molecule has 0 aromatic heterocycles. The molecule has 0 spiro atoms. The second-order valence-electron chi connectivity index (χ2n) is 13.7. The van der Waals surface area contributed by atoms with Crippen LogP contribution in [0.4, 0.5) is 0 Å². The van der Waals surface area contributed by atoms with E-state index in [0.717, 1.165) is 19.3 Å². The van der Waals surface area contributed by atoms with Crippen LogP contribution in [0.5, 0.6) is 0 Å². The lowest BCUT2D eigenvalue weighted by Gasteiger charge is -2.25. The van der Waals surface area contributed by atoms with E-state index in [1.165, 1.54) is 57.8 Å². The van der Waals surface area contributed by atoms with Gasteiger partial charge in [-0.2, -0.15) is 0 Å². The molecule has 1 aliphatic heterocycles. The predicted molar refractivity (Wildman–Crippen MR) is 184 cm³/mol. The summed E-state index contributed by atoms with van der Waals surface area (Å²) in [6, 6.07) is 0. The molecule has 51 heavy (non-hydrogen) atoms. The van der Waals surface area contributed by atoms with Crippen LogP contribution in [0.2, 0.25) is 0 Å². The largest absolute Gasteiger partial charge is 0.505 e. The monoisotopic (exact) mass is 754 g/mol. The van der Waals surface area contributed by atoms with E-state index in [1.807, 2.05) is 21.1 Å². The Balaban J connectivity index is 2.45. The first kappa shape index (κ1) is 46.3. The minimum Gasteiger partial charge on any atom is -0.505 e. The van der Waals surface area contributed by atoms with E-state index in [2.05, 4.69) is 11.7 Å². The van der Waals surface area contributed by atoms with Crippen LogP contribution in [-0.2, 0) is 51.7 Å². The number of unbranched alkanes of at least 4 members (excludes halogenated alkanes) is 12. The van der Waals surface area contributed by atoms with Crippen LogP contribution in [-0.4, -0.2) is 115 Å². The highest BCUT2D eigenvalue weighted by Gasteiger charge is 2.39. The number of aliphatic hydroxyl groups excluding tert-OH is 3. The van der Waals surface area contributed by atoms with Gasteiger partial charge < -0.3 is 43.6 Å². The zero-order chi connectivity index (χ0) is 38.3. The van der Waals surface area contributed by atoms with Crippen molar-refractivity contribution in [2.75, 3.05) is 47.5 Å². The number of carbonyl (C=O) groups is 4. The smallest absolute Gasteiger partial charge is 0.475 e. The van der Waals surface area contributed by atoms with Crippen LogP contribution in [0.1, 0.15) is 116 Å². The third-order valence-electron chi connectivity index (χ3n) is 7.86. The summed E-state index contributed by atoms with van der Waals surface area (Å²) < 4.78 is 42.8. The summed E-state index contributed by atoms with van der Waals surface area (Å²) in [7, 11) is 0.831. The Kier molecular flexibility index (Phi) is 22.9. The number of cyclic esters (lactones) is 1. The van der Waals surface area contributed by atoms with Crippen molar-refractivity contribution in [2.24, 2.45) is 0 Å². The number of esters is 4. The first-order valence-electron chi connectivity index (χ1n) is 18.0. The molecule has 0 saturated carbocycles. The zero-order valence-electron chi connectivity index (χ0n) is 30.8. The van der Waals surface area contributed by atoms with E-state index >= 15 is 0 Å². The summed E-state index contributed by atoms with van der Waals surface area (Å²) in [6.07, 6.45) is 9.33. The number of carbonyl (C=O) groups excluding carboxylic acids is 4. The summed E-state index contributed by atoms with van der Waals surface area (Å²) in [4.78, 5) is 58.4. The van der Waals surface area contributed by atoms with Crippen molar-refractivity contribution in [1.82, 2.24) is 0 Å². The van der Waals surface area contributed by atoms with E-state index in [9.17, 15) is 44.0 Å². The molecular weight excluding hydrogens is 693 g/mol. The standard InChI is InChI=1S/C34H60NO15P/c1-5-6-7-8-9-10-11-12-13-14-15-16-17-19-27(37)46-25-30(50-51(43,44)47-23-22-35(2,3)4)48-29(39)21-18-20-28(38)45-24-26(36)33-31(40)32(41)34(42)49-33/h26,30,33,36H,5-25H2,1-4H3,(H2-,40,41,42,43,44)/p+1/t26-,30?,33+/m0/s1. The first-order chi connectivity index (χ1) is 24.0. The van der Waals surface area contributed by atoms with Gasteiger partial charge in [-0.1, -0.05) is 84.0 Å². The predicted octanol–water partition coefficient (Wildman–Crippen LogP) is 5.05. The second-order valence-corrected chi connectivity index (χ2v) is 15.1. The highest BCUT2D eigenvalue weighted by Crippen LogP contribution is 2.44. The number of rotatable bonds is 30. The van der Waals surface area contributed by atoms with Crippen LogP contribution in [0, 0.1) is 0 Å². The lowest BCUT2D eigenvalue weighted by molar-refractivity contribution is -0.870. The third-order valence-corrected chi connectivity index (χ3v) is 8.87. The summed E-state index contributed by atoms with van der Waals surface area (Å²) >= 11 is 0. The van der Waals surface area contributed by atoms with Gasteiger partial charge in [0.1, 0.15) is 25.9 Å². The highest BCUT2D eigenvalue weighted by atomic mass is 31.2. The molecule has 296 valence electrons. The quantitative estimate of drug-likeness (QED) is 0.0188. The van der Waals surface area contributed by atoms with Crippen molar-refractivity contribution in [3.63, 3.8) is 0 Å². The highest BCUT2D eigenvalue weighted by molar-refractivity contribution is 7.47. The molecule has 16 nitrogen and oxygen atoms in total. The second kappa shape index (κ2) is 25.3. The summed E-state index contributed by atoms with van der Waals surface area (Å²) in [6.45, 7) is 1.10. The molecule has 4 atom stereocenters. The lowest BCUT2D eigenvalue weighted by Crippen LogP contribution is -2.37. The third kappa shape index (κ3) is 22.7. The fourth-order valence-corrected chi connectivity index (χ4v) is 5.64. The molecule has 0 saturated heterocycles. The molecule has 1 heterocycles. The Morgan fingerprint density at radius 2 is 1.27 bits per heavy atom. The number of nitrogens with zero attached hydrogens (tertiary/aromatic N) is 1. The maximum atomic E-state index is 12.6. The summed E-state index contributed by atoms with van der Waals surface area (Å²) in [5, 5.41) is 28.9. The van der Waals surface area contributed by atoms with E-state index in [-0.39, 0.29) is 32.3 Å². The summed E-state index contributed by atoms with van der Waals surface area (Å²) in [5.41, 5.74) is 0. The molecule has 0 radical (unpaired) electrons. The Labute approximate surface area is 301 Å². The maximum absolute atomic E-state index is 12.6. The summed E-state index contributed by atoms with van der Waals surface area (Å²) in [5.74, 6) is -5.54. The SMILES string of the molecule is CCCCCCCCCCCCCCCC(=O)OCC(OC(=O)CCCC(=O)OC[C@H](O)[C@H]1OC(=O)C(O)=C1O)OP(=O)(O)OCC[N+](C)(C)C. The molecule has 4 N–H and O–H groups in total. The van der Waals surface area contributed by atoms with Gasteiger partial charge in [-0.05, 0) is 12.8 Å². The minimum absolute atomic E-state index is 0.0968. The molecule has 0 aromatic carbocycles. The Bertz CT molecular complexity index is 1140. The van der Waals surface area contributed by atoms with Crippen LogP contribution >= 0.6 is 7.82 Å². The van der Waals surface area contributed by atoms with E-state index < -0.39 is 74.9 Å². The fourth-order valence-electron chi connectivity index (χ4n) is 4.86. The number of hydrogen-bond donors (Lipinski definition) is 4. The number of aliphatic hydroxyl groups is 3. The molecular formula is C34H61NO15P+. The van der Waals surface area contributed by atoms with Gasteiger partial charge in [0.05, 0.1) is 21.1 Å². The van der Waals surface area contributed by atoms with Gasteiger partial charge in [-0.15, -0.1) is 0 Å². The van der Waals surface area contributed by atoms with Crippen LogP contribution in [0.15, 0.2) is 11.5 Å². The average Bonchev–Trinajstić information content (AvgIpc) is 3.30. The lowest BCUT2D eigenvalue weighted by atomic mass is 10.0. The van der Waals surface area contributed by atoms with Crippen LogP contribution < -0.4 is 0 Å². The fraction of sp³-hybridized carbons (Fsp3) is 0.824. The Morgan fingerprint density at radius 3 is 1.78 bits per heavy atom. The van der Waals surface area contributed by atoms with Crippen molar-refractivity contribution in [3.8, 4) is 0 Å². The number of phosphoric acid groups is 1. The number of hydrogen-bond acceptors (Lipinski definition) is 14. The van der Waals surface area contributed by atoms with Crippen LogP contribution in [0.25, 0.3) is 0 Å². The van der Waals surface area contributed by atoms with E-state index in [4.69, 9.17) is 23.3 Å². The molecule has 0 amide bonds. The molecule has 1 rings (SSSR count). The van der Waals surface area contributed by atoms with E-state index in [1.54, 1.807) is 0 Å².